The molecule has 0 aliphatic carbocycles. The van der Waals surface area contributed by atoms with Gasteiger partial charge in [-0.15, -0.1) is 0 Å². The summed E-state index contributed by atoms with van der Waals surface area (Å²) in [6.07, 6.45) is 3.93. The molecule has 2 aliphatic heterocycles. The van der Waals surface area contributed by atoms with Gasteiger partial charge in [-0.25, -0.2) is 14.8 Å². The Balaban J connectivity index is 1.51. The van der Waals surface area contributed by atoms with Crippen molar-refractivity contribution in [3.05, 3.63) is 12.4 Å². The zero-order valence-electron chi connectivity index (χ0n) is 23.1. The van der Waals surface area contributed by atoms with Crippen molar-refractivity contribution in [2.75, 3.05) is 13.1 Å². The Kier molecular flexibility index (Phi) is 8.25. The van der Waals surface area contributed by atoms with Gasteiger partial charge in [-0.1, -0.05) is 13.8 Å². The molecular weight excluding hydrogens is 463 g/mol. The third-order valence-corrected chi connectivity index (χ3v) is 6.80. The number of carbonyl (C=O) groups excluding carboxylic acids is 2. The number of ether oxygens (including phenoxy) is 2. The highest BCUT2D eigenvalue weighted by atomic mass is 16.7. The average molecular weight is 504 g/mol. The van der Waals surface area contributed by atoms with Gasteiger partial charge >= 0.3 is 19.2 Å². The largest absolute Gasteiger partial charge is 0.498 e. The van der Waals surface area contributed by atoms with Crippen LogP contribution in [0, 0.1) is 5.92 Å². The highest BCUT2D eigenvalue weighted by Gasteiger charge is 2.52. The molecule has 0 bridgehead atoms. The molecule has 0 spiro atoms. The highest BCUT2D eigenvalue weighted by Crippen LogP contribution is 2.36. The third-order valence-electron chi connectivity index (χ3n) is 6.80. The minimum absolute atomic E-state index is 0.0742. The van der Waals surface area contributed by atoms with Crippen LogP contribution in [0.4, 0.5) is 4.79 Å². The number of nitrogens with zero attached hydrogens (tertiary/aromatic N) is 3. The number of nitrogens with one attached hydrogen (secondary N) is 1. The molecule has 2 fully saturated rings. The molecule has 2 saturated heterocycles. The van der Waals surface area contributed by atoms with E-state index < -0.39 is 36.1 Å². The standard InChI is InChI=1S/C25H41BN4O6/c1-16(2)19(29-22(32)34-23(3,4)5)20(31)30-12-10-18(11-13-30)33-21-27-14-17(15-28-21)26-35-24(6,7)25(8,9)36-26/h14-16,18-19H,10-13H2,1-9H3,(H,29,32)/t19-/m1/s1. The number of hydrogen-bond donors (Lipinski definition) is 1. The molecule has 1 atom stereocenters. The van der Waals surface area contributed by atoms with Gasteiger partial charge in [-0.2, -0.15) is 0 Å². The fraction of sp³-hybridized carbons (Fsp3) is 0.760. The van der Waals surface area contributed by atoms with E-state index in [2.05, 4.69) is 15.3 Å². The van der Waals surface area contributed by atoms with E-state index >= 15 is 0 Å². The lowest BCUT2D eigenvalue weighted by Gasteiger charge is -2.35. The summed E-state index contributed by atoms with van der Waals surface area (Å²) in [6, 6.07) is -0.366. The second-order valence-corrected chi connectivity index (χ2v) is 11.9. The van der Waals surface area contributed by atoms with Crippen LogP contribution in [0.15, 0.2) is 12.4 Å². The molecule has 10 nitrogen and oxygen atoms in total. The maximum Gasteiger partial charge on any atom is 0.498 e. The molecule has 3 rings (SSSR count). The summed E-state index contributed by atoms with van der Waals surface area (Å²) in [6.45, 7) is 18.2. The lowest BCUT2D eigenvalue weighted by molar-refractivity contribution is -0.136. The number of likely N-dealkylation sites (tertiary alicyclic amines) is 1. The van der Waals surface area contributed by atoms with Gasteiger partial charge in [0, 0.05) is 43.8 Å². The molecule has 0 unspecified atom stereocenters. The summed E-state index contributed by atoms with van der Waals surface area (Å²) in [5.41, 5.74) is -0.766. The van der Waals surface area contributed by atoms with Crippen molar-refractivity contribution in [2.24, 2.45) is 5.92 Å². The number of carbonyl (C=O) groups is 2. The molecule has 36 heavy (non-hydrogen) atoms. The summed E-state index contributed by atoms with van der Waals surface area (Å²) in [7, 11) is -0.526. The van der Waals surface area contributed by atoms with Crippen LogP contribution < -0.4 is 15.5 Å². The first-order valence-electron chi connectivity index (χ1n) is 12.7. The maximum atomic E-state index is 13.1. The Bertz CT molecular complexity index is 907. The molecule has 1 aromatic rings. The van der Waals surface area contributed by atoms with Crippen LogP contribution in [-0.2, 0) is 18.8 Å². The lowest BCUT2D eigenvalue weighted by Crippen LogP contribution is -2.54. The first kappa shape index (κ1) is 28.2. The van der Waals surface area contributed by atoms with E-state index in [1.54, 1.807) is 38.1 Å². The van der Waals surface area contributed by atoms with Crippen molar-refractivity contribution >= 4 is 24.6 Å². The van der Waals surface area contributed by atoms with Gasteiger partial charge in [0.25, 0.3) is 0 Å². The summed E-state index contributed by atoms with van der Waals surface area (Å²) in [5.74, 6) is -0.188. The first-order valence-corrected chi connectivity index (χ1v) is 12.7. The predicted octanol–water partition coefficient (Wildman–Crippen LogP) is 2.69. The SMILES string of the molecule is CC(C)[C@@H](NC(=O)OC(C)(C)C)C(=O)N1CCC(Oc2ncc(B3OC(C)(C)C(C)(C)O3)cn2)CC1. The fourth-order valence-corrected chi connectivity index (χ4v) is 3.98. The van der Waals surface area contributed by atoms with E-state index in [9.17, 15) is 9.59 Å². The second-order valence-electron chi connectivity index (χ2n) is 11.9. The summed E-state index contributed by atoms with van der Waals surface area (Å²) in [4.78, 5) is 35.8. The highest BCUT2D eigenvalue weighted by molar-refractivity contribution is 6.61. The zero-order valence-corrected chi connectivity index (χ0v) is 23.1. The number of alkyl carbamates (subject to hydrolysis) is 1. The lowest BCUT2D eigenvalue weighted by atomic mass is 9.81. The molecule has 2 aliphatic rings. The fourth-order valence-electron chi connectivity index (χ4n) is 3.98. The van der Waals surface area contributed by atoms with Crippen molar-refractivity contribution in [1.82, 2.24) is 20.2 Å². The van der Waals surface area contributed by atoms with Gasteiger partial charge in [-0.3, -0.25) is 4.79 Å². The van der Waals surface area contributed by atoms with E-state index in [4.69, 9.17) is 18.8 Å². The average Bonchev–Trinajstić information content (AvgIpc) is 2.98. The zero-order chi connectivity index (χ0) is 26.9. The normalized spacial score (nSPS) is 20.8. The number of aromatic nitrogens is 2. The van der Waals surface area contributed by atoms with Gasteiger partial charge < -0.3 is 29.0 Å². The van der Waals surface area contributed by atoms with E-state index in [0.29, 0.717) is 25.9 Å². The van der Waals surface area contributed by atoms with E-state index in [1.807, 2.05) is 41.5 Å². The monoisotopic (exact) mass is 504 g/mol. The third kappa shape index (κ3) is 6.88. The number of hydrogen-bond acceptors (Lipinski definition) is 8. The van der Waals surface area contributed by atoms with Gasteiger partial charge in [-0.05, 0) is 54.4 Å². The van der Waals surface area contributed by atoms with Crippen LogP contribution >= 0.6 is 0 Å². The van der Waals surface area contributed by atoms with Gasteiger partial charge in [0.15, 0.2) is 0 Å². The Hall–Kier alpha value is -2.40. The van der Waals surface area contributed by atoms with Gasteiger partial charge in [0.2, 0.25) is 5.91 Å². The number of piperidine rings is 1. The van der Waals surface area contributed by atoms with Crippen molar-refractivity contribution in [2.45, 2.75) is 104 Å². The molecule has 0 radical (unpaired) electrons. The Morgan fingerprint density at radius 3 is 2.08 bits per heavy atom. The van der Waals surface area contributed by atoms with Crippen LogP contribution in [-0.4, -0.2) is 76.0 Å². The summed E-state index contributed by atoms with van der Waals surface area (Å²) >= 11 is 0. The van der Waals surface area contributed by atoms with Crippen molar-refractivity contribution in [3.8, 4) is 6.01 Å². The molecule has 1 aromatic heterocycles. The number of rotatable bonds is 6. The molecular formula is C25H41BN4O6. The minimum atomic E-state index is -0.650. The Morgan fingerprint density at radius 2 is 1.61 bits per heavy atom. The van der Waals surface area contributed by atoms with E-state index in [-0.39, 0.29) is 23.9 Å². The molecule has 0 aromatic carbocycles. The van der Waals surface area contributed by atoms with Crippen LogP contribution in [0.5, 0.6) is 6.01 Å². The summed E-state index contributed by atoms with van der Waals surface area (Å²) in [5, 5.41) is 2.74. The maximum absolute atomic E-state index is 13.1. The van der Waals surface area contributed by atoms with Crippen molar-refractivity contribution < 1.29 is 28.4 Å². The molecule has 11 heteroatoms. The summed E-state index contributed by atoms with van der Waals surface area (Å²) < 4.78 is 23.4. The predicted molar refractivity (Wildman–Crippen MR) is 136 cm³/mol. The van der Waals surface area contributed by atoms with Crippen molar-refractivity contribution in [3.63, 3.8) is 0 Å². The van der Waals surface area contributed by atoms with Crippen LogP contribution in [0.25, 0.3) is 0 Å². The first-order chi connectivity index (χ1) is 16.6. The quantitative estimate of drug-likeness (QED) is 0.589. The molecule has 1 N–H and O–H groups in total. The molecule has 2 amide bonds. The second kappa shape index (κ2) is 10.5. The van der Waals surface area contributed by atoms with Crippen LogP contribution in [0.3, 0.4) is 0 Å². The number of amides is 2. The smallest absolute Gasteiger partial charge is 0.460 e. The van der Waals surface area contributed by atoms with Crippen LogP contribution in [0.1, 0.15) is 75.2 Å². The van der Waals surface area contributed by atoms with E-state index in [0.717, 1.165) is 5.46 Å². The Morgan fingerprint density at radius 1 is 1.08 bits per heavy atom. The Labute approximate surface area is 215 Å². The molecule has 0 saturated carbocycles. The van der Waals surface area contributed by atoms with Gasteiger partial charge in [0.05, 0.1) is 11.2 Å². The topological polar surface area (TPSA) is 112 Å². The van der Waals surface area contributed by atoms with E-state index in [1.165, 1.54) is 0 Å². The van der Waals surface area contributed by atoms with Crippen LogP contribution in [0.2, 0.25) is 0 Å². The molecule has 3 heterocycles. The molecule has 200 valence electrons. The van der Waals surface area contributed by atoms with Gasteiger partial charge in [0.1, 0.15) is 17.7 Å². The van der Waals surface area contributed by atoms with Crippen molar-refractivity contribution in [1.29, 1.82) is 0 Å². The minimum Gasteiger partial charge on any atom is -0.460 e.